The van der Waals surface area contributed by atoms with E-state index in [4.69, 9.17) is 0 Å². The molecule has 0 aliphatic rings. The molecule has 0 saturated heterocycles. The molecule has 0 saturated carbocycles. The van der Waals surface area contributed by atoms with Crippen LogP contribution in [0.3, 0.4) is 0 Å². The third-order valence-corrected chi connectivity index (χ3v) is 2.41. The maximum Gasteiger partial charge on any atom is 0.140 e. The van der Waals surface area contributed by atoms with Crippen LogP contribution < -0.4 is 0 Å². The van der Waals surface area contributed by atoms with Crippen molar-refractivity contribution in [2.24, 2.45) is 17.8 Å². The normalized spacial score (nSPS) is 10.9. The Labute approximate surface area is 104 Å². The summed E-state index contributed by atoms with van der Waals surface area (Å²) in [6, 6.07) is 0. The summed E-state index contributed by atoms with van der Waals surface area (Å²) in [4.78, 5) is 0. The van der Waals surface area contributed by atoms with Crippen molar-refractivity contribution in [1.82, 2.24) is 0 Å². The van der Waals surface area contributed by atoms with Crippen molar-refractivity contribution in [1.29, 1.82) is 0 Å². The van der Waals surface area contributed by atoms with Crippen LogP contribution in [-0.2, 0) is 0 Å². The van der Waals surface area contributed by atoms with Crippen LogP contribution in [0.2, 0.25) is 19.0 Å². The van der Waals surface area contributed by atoms with E-state index >= 15 is 0 Å². The van der Waals surface area contributed by atoms with Gasteiger partial charge in [-0.1, -0.05) is 78.3 Å². The molecule has 0 spiro atoms. The molecule has 0 nitrogen and oxygen atoms in total. The molecule has 0 bridgehead atoms. The van der Waals surface area contributed by atoms with Crippen LogP contribution in [0.5, 0.6) is 0 Å². The van der Waals surface area contributed by atoms with Gasteiger partial charge in [-0.25, -0.2) is 0 Å². The third kappa shape index (κ3) is 10.7. The van der Waals surface area contributed by atoms with Crippen LogP contribution in [0.15, 0.2) is 0 Å². The zero-order chi connectivity index (χ0) is 10.4. The van der Waals surface area contributed by atoms with E-state index in [9.17, 15) is 0 Å². The molecule has 0 aliphatic carbocycles. The molecule has 0 aromatic heterocycles. The number of rotatable bonds is 6. The molecule has 0 aliphatic heterocycles. The summed E-state index contributed by atoms with van der Waals surface area (Å²) in [6.07, 6.45) is 4.24. The molecule has 0 atom stereocenters. The molecule has 0 aromatic carbocycles. The fourth-order valence-electron chi connectivity index (χ4n) is 2.29. The van der Waals surface area contributed by atoms with Crippen LogP contribution in [0.1, 0.15) is 41.5 Å². The van der Waals surface area contributed by atoms with Crippen LogP contribution >= 0.6 is 0 Å². The first-order valence-corrected chi connectivity index (χ1v) is 5.91. The summed E-state index contributed by atoms with van der Waals surface area (Å²) >= 11 is 0. The Morgan fingerprint density at radius 1 is 0.643 bits per heavy atom. The Kier molecular flexibility index (Phi) is 10.9. The summed E-state index contributed by atoms with van der Waals surface area (Å²) in [7, 11) is 0. The molecule has 0 fully saturated rings. The molecule has 14 heavy (non-hydrogen) atoms. The van der Waals surface area contributed by atoms with Gasteiger partial charge in [-0.3, -0.25) is 0 Å². The molecule has 0 unspecified atom stereocenters. The second kappa shape index (κ2) is 8.93. The van der Waals surface area contributed by atoms with Crippen molar-refractivity contribution in [3.8, 4) is 0 Å². The SMILES string of the molecule is CC(C)CB(CC(C)C)CC(C)C.[Li]. The summed E-state index contributed by atoms with van der Waals surface area (Å²) in [6.45, 7) is 15.0. The molecule has 79 valence electrons. The Morgan fingerprint density at radius 2 is 0.857 bits per heavy atom. The van der Waals surface area contributed by atoms with Gasteiger partial charge in [0.15, 0.2) is 0 Å². The van der Waals surface area contributed by atoms with Crippen molar-refractivity contribution >= 4 is 25.6 Å². The first-order chi connectivity index (χ1) is 5.91. The topological polar surface area (TPSA) is 0 Å². The quantitative estimate of drug-likeness (QED) is 0.552. The third-order valence-electron chi connectivity index (χ3n) is 2.41. The van der Waals surface area contributed by atoms with Crippen LogP contribution in [0, 0.1) is 17.8 Å². The van der Waals surface area contributed by atoms with E-state index in [1.807, 2.05) is 0 Å². The minimum absolute atomic E-state index is 0. The van der Waals surface area contributed by atoms with E-state index in [-0.39, 0.29) is 18.9 Å². The van der Waals surface area contributed by atoms with E-state index < -0.39 is 0 Å². The van der Waals surface area contributed by atoms with E-state index in [1.165, 1.54) is 19.0 Å². The van der Waals surface area contributed by atoms with Crippen molar-refractivity contribution in [2.45, 2.75) is 60.5 Å². The fourth-order valence-corrected chi connectivity index (χ4v) is 2.29. The molecule has 0 heterocycles. The number of hydrogen-bond acceptors (Lipinski definition) is 0. The van der Waals surface area contributed by atoms with Gasteiger partial charge in [-0.2, -0.15) is 0 Å². The first kappa shape index (κ1) is 17.1. The molecule has 0 N–H and O–H groups in total. The van der Waals surface area contributed by atoms with Gasteiger partial charge in [-0.15, -0.1) is 0 Å². The van der Waals surface area contributed by atoms with E-state index in [1.54, 1.807) is 0 Å². The predicted molar refractivity (Wildman–Crippen MR) is 70.4 cm³/mol. The summed E-state index contributed by atoms with van der Waals surface area (Å²) in [5.74, 6) is 2.59. The fraction of sp³-hybridized carbons (Fsp3) is 1.00. The zero-order valence-electron chi connectivity index (χ0n) is 11.4. The van der Waals surface area contributed by atoms with Crippen molar-refractivity contribution in [2.75, 3.05) is 0 Å². The van der Waals surface area contributed by atoms with Crippen molar-refractivity contribution in [3.63, 3.8) is 0 Å². The smallest absolute Gasteiger partial charge is 0.0718 e. The predicted octanol–water partition coefficient (Wildman–Crippen LogP) is 4.07. The molecular weight excluding hydrogens is 162 g/mol. The van der Waals surface area contributed by atoms with Gasteiger partial charge in [0.25, 0.3) is 0 Å². The molecule has 2 heteroatoms. The molecule has 0 amide bonds. The van der Waals surface area contributed by atoms with Crippen LogP contribution in [-0.4, -0.2) is 25.6 Å². The first-order valence-electron chi connectivity index (χ1n) is 5.91. The Hall–Kier alpha value is 0.662. The van der Waals surface area contributed by atoms with Crippen molar-refractivity contribution < 1.29 is 0 Å². The number of hydrogen-bond donors (Lipinski definition) is 0. The van der Waals surface area contributed by atoms with Gasteiger partial charge in [-0.05, 0) is 0 Å². The van der Waals surface area contributed by atoms with Gasteiger partial charge in [0.2, 0.25) is 0 Å². The van der Waals surface area contributed by atoms with Crippen LogP contribution in [0.25, 0.3) is 0 Å². The Bertz CT molecular complexity index is 97.7. The molecule has 1 radical (unpaired) electrons. The van der Waals surface area contributed by atoms with E-state index in [2.05, 4.69) is 41.5 Å². The maximum absolute atomic E-state index is 2.34. The maximum atomic E-state index is 2.34. The summed E-state index contributed by atoms with van der Waals surface area (Å²) in [5.41, 5.74) is 0. The molecule has 0 rings (SSSR count). The van der Waals surface area contributed by atoms with Gasteiger partial charge >= 0.3 is 0 Å². The average Bonchev–Trinajstić information content (AvgIpc) is 1.80. The molecular formula is C12H27BLi. The second-order valence-electron chi connectivity index (χ2n) is 5.75. The Morgan fingerprint density at radius 3 is 1.00 bits per heavy atom. The van der Waals surface area contributed by atoms with Gasteiger partial charge in [0.1, 0.15) is 6.71 Å². The van der Waals surface area contributed by atoms with Gasteiger partial charge < -0.3 is 0 Å². The summed E-state index contributed by atoms with van der Waals surface area (Å²) in [5, 5.41) is 0. The average molecular weight is 189 g/mol. The monoisotopic (exact) mass is 189 g/mol. The van der Waals surface area contributed by atoms with Crippen LogP contribution in [0.4, 0.5) is 0 Å². The van der Waals surface area contributed by atoms with E-state index in [0.717, 1.165) is 24.5 Å². The van der Waals surface area contributed by atoms with Gasteiger partial charge in [0.05, 0.1) is 0 Å². The van der Waals surface area contributed by atoms with E-state index in [0.29, 0.717) is 0 Å². The Balaban J connectivity index is 0. The summed E-state index contributed by atoms with van der Waals surface area (Å²) < 4.78 is 0. The van der Waals surface area contributed by atoms with Crippen molar-refractivity contribution in [3.05, 3.63) is 0 Å². The minimum atomic E-state index is 0. The van der Waals surface area contributed by atoms with Gasteiger partial charge in [0, 0.05) is 18.9 Å². The largest absolute Gasteiger partial charge is 0.140 e. The molecule has 0 aromatic rings. The second-order valence-corrected chi connectivity index (χ2v) is 5.75. The standard InChI is InChI=1S/C12H27B.Li/c1-10(2)7-13(8-11(3)4)9-12(5)6;/h10-12H,7-9H2,1-6H3;. The zero-order valence-corrected chi connectivity index (χ0v) is 11.4. The minimum Gasteiger partial charge on any atom is -0.0718 e.